The van der Waals surface area contributed by atoms with E-state index < -0.39 is 23.8 Å². The van der Waals surface area contributed by atoms with E-state index in [1.807, 2.05) is 0 Å². The van der Waals surface area contributed by atoms with Crippen molar-refractivity contribution >= 4 is 17.7 Å². The summed E-state index contributed by atoms with van der Waals surface area (Å²) < 4.78 is 14.6. The summed E-state index contributed by atoms with van der Waals surface area (Å²) in [4.78, 5) is 39.0. The summed E-state index contributed by atoms with van der Waals surface area (Å²) in [6, 6.07) is 1.42. The Morgan fingerprint density at radius 1 is 1.21 bits per heavy atom. The maximum absolute atomic E-state index is 12.5. The van der Waals surface area contributed by atoms with E-state index in [1.54, 1.807) is 20.8 Å². The number of methoxy groups -OCH3 is 1. The summed E-state index contributed by atoms with van der Waals surface area (Å²) in [5.74, 6) is -1.87. The second-order valence-corrected chi connectivity index (χ2v) is 5.36. The minimum absolute atomic E-state index is 0.0817. The van der Waals surface area contributed by atoms with E-state index in [9.17, 15) is 14.4 Å². The lowest BCUT2D eigenvalue weighted by atomic mass is 10.1. The van der Waals surface area contributed by atoms with Crippen molar-refractivity contribution in [2.75, 3.05) is 7.11 Å². The van der Waals surface area contributed by atoms with Crippen LogP contribution in [0, 0.1) is 20.8 Å². The number of H-pyrrole nitrogens is 1. The first-order chi connectivity index (χ1) is 11.3. The first kappa shape index (κ1) is 17.5. The molecule has 2 heterocycles. The van der Waals surface area contributed by atoms with Gasteiger partial charge >= 0.3 is 11.9 Å². The molecule has 8 nitrogen and oxygen atoms in total. The molecule has 0 amide bonds. The third-order valence-corrected chi connectivity index (χ3v) is 3.56. The van der Waals surface area contributed by atoms with Gasteiger partial charge in [0, 0.05) is 11.8 Å². The number of nitrogens with one attached hydrogen (secondary N) is 1. The van der Waals surface area contributed by atoms with Crippen molar-refractivity contribution in [3.05, 3.63) is 40.0 Å². The molecule has 1 atom stereocenters. The van der Waals surface area contributed by atoms with Crippen LogP contribution in [0.5, 0.6) is 0 Å². The van der Waals surface area contributed by atoms with Crippen LogP contribution in [0.25, 0.3) is 0 Å². The molecule has 0 spiro atoms. The van der Waals surface area contributed by atoms with E-state index >= 15 is 0 Å². The van der Waals surface area contributed by atoms with Crippen molar-refractivity contribution in [2.24, 2.45) is 0 Å². The third-order valence-electron chi connectivity index (χ3n) is 3.56. The monoisotopic (exact) mass is 334 g/mol. The molecule has 0 bridgehead atoms. The van der Waals surface area contributed by atoms with Gasteiger partial charge in [-0.25, -0.2) is 9.59 Å². The molecule has 0 aliphatic rings. The average molecular weight is 334 g/mol. The molecule has 0 saturated heterocycles. The number of hydrogen-bond donors (Lipinski definition) is 1. The summed E-state index contributed by atoms with van der Waals surface area (Å²) in [5, 5.41) is 3.59. The Balaban J connectivity index is 2.19. The topological polar surface area (TPSA) is 111 Å². The van der Waals surface area contributed by atoms with Crippen LogP contribution in [-0.2, 0) is 9.47 Å². The zero-order valence-electron chi connectivity index (χ0n) is 14.1. The molecule has 8 heteroatoms. The molecule has 128 valence electrons. The molecular weight excluding hydrogens is 316 g/mol. The standard InChI is InChI=1S/C16H18N2O6/c1-7-6-11(24-18-7)15(20)23-10(4)14(19)13-8(2)12(9(3)17-13)16(21)22-5/h6,10,17H,1-5H3. The quantitative estimate of drug-likeness (QED) is 0.658. The van der Waals surface area contributed by atoms with E-state index in [-0.39, 0.29) is 11.5 Å². The number of carbonyl (C=O) groups is 3. The third kappa shape index (κ3) is 3.22. The lowest BCUT2D eigenvalue weighted by Gasteiger charge is -2.10. The molecule has 0 saturated carbocycles. The van der Waals surface area contributed by atoms with Gasteiger partial charge in [-0.15, -0.1) is 0 Å². The Morgan fingerprint density at radius 3 is 2.42 bits per heavy atom. The minimum atomic E-state index is -1.06. The largest absolute Gasteiger partial charge is 0.465 e. The van der Waals surface area contributed by atoms with Crippen molar-refractivity contribution in [1.29, 1.82) is 0 Å². The van der Waals surface area contributed by atoms with E-state index in [2.05, 4.69) is 10.1 Å². The van der Waals surface area contributed by atoms with Gasteiger partial charge in [-0.05, 0) is 33.3 Å². The number of nitrogens with zero attached hydrogens (tertiary/aromatic N) is 1. The first-order valence-electron chi connectivity index (χ1n) is 7.22. The van der Waals surface area contributed by atoms with Crippen molar-refractivity contribution in [1.82, 2.24) is 10.1 Å². The molecule has 0 fully saturated rings. The van der Waals surface area contributed by atoms with Crippen LogP contribution < -0.4 is 0 Å². The average Bonchev–Trinajstić information content (AvgIpc) is 3.09. The van der Waals surface area contributed by atoms with Crippen LogP contribution in [0.2, 0.25) is 0 Å². The van der Waals surface area contributed by atoms with Crippen LogP contribution in [0.15, 0.2) is 10.6 Å². The van der Waals surface area contributed by atoms with Crippen molar-refractivity contribution in [2.45, 2.75) is 33.8 Å². The highest BCUT2D eigenvalue weighted by Crippen LogP contribution is 2.21. The predicted octanol–water partition coefficient (Wildman–Crippen LogP) is 2.14. The maximum Gasteiger partial charge on any atom is 0.377 e. The number of Topliss-reactive ketones (excluding diaryl/α,β-unsaturated/α-hetero) is 1. The molecule has 0 aliphatic carbocycles. The molecule has 1 N–H and O–H groups in total. The van der Waals surface area contributed by atoms with E-state index in [0.29, 0.717) is 22.5 Å². The number of hydrogen-bond acceptors (Lipinski definition) is 7. The fraction of sp³-hybridized carbons (Fsp3) is 0.375. The van der Waals surface area contributed by atoms with Gasteiger partial charge in [-0.1, -0.05) is 5.16 Å². The van der Waals surface area contributed by atoms with Gasteiger partial charge in [0.1, 0.15) is 0 Å². The Bertz CT molecular complexity index is 802. The Morgan fingerprint density at radius 2 is 1.88 bits per heavy atom. The van der Waals surface area contributed by atoms with E-state index in [1.165, 1.54) is 20.1 Å². The number of ketones is 1. The maximum atomic E-state index is 12.5. The minimum Gasteiger partial charge on any atom is -0.465 e. The number of aromatic amines is 1. The molecule has 0 radical (unpaired) electrons. The van der Waals surface area contributed by atoms with Gasteiger partial charge in [0.25, 0.3) is 0 Å². The lowest BCUT2D eigenvalue weighted by molar-refractivity contribution is 0.0279. The number of esters is 2. The van der Waals surface area contributed by atoms with Crippen LogP contribution in [0.3, 0.4) is 0 Å². The van der Waals surface area contributed by atoms with Crippen molar-refractivity contribution < 1.29 is 28.4 Å². The highest BCUT2D eigenvalue weighted by Gasteiger charge is 2.28. The fourth-order valence-electron chi connectivity index (χ4n) is 2.34. The molecular formula is C16H18N2O6. The van der Waals surface area contributed by atoms with Crippen molar-refractivity contribution in [3.8, 4) is 0 Å². The van der Waals surface area contributed by atoms with Gasteiger partial charge < -0.3 is 19.0 Å². The number of carbonyl (C=O) groups excluding carboxylic acids is 3. The van der Waals surface area contributed by atoms with Gasteiger partial charge in [-0.2, -0.15) is 0 Å². The molecule has 24 heavy (non-hydrogen) atoms. The van der Waals surface area contributed by atoms with Crippen LogP contribution in [0.4, 0.5) is 0 Å². The van der Waals surface area contributed by atoms with E-state index in [4.69, 9.17) is 14.0 Å². The van der Waals surface area contributed by atoms with Gasteiger partial charge in [0.2, 0.25) is 11.5 Å². The van der Waals surface area contributed by atoms with Gasteiger partial charge in [-0.3, -0.25) is 4.79 Å². The summed E-state index contributed by atoms with van der Waals surface area (Å²) >= 11 is 0. The fourth-order valence-corrected chi connectivity index (χ4v) is 2.34. The smallest absolute Gasteiger partial charge is 0.377 e. The Hall–Kier alpha value is -2.90. The summed E-state index contributed by atoms with van der Waals surface area (Å²) in [5.41, 5.74) is 1.97. The van der Waals surface area contributed by atoms with Crippen molar-refractivity contribution in [3.63, 3.8) is 0 Å². The predicted molar refractivity (Wildman–Crippen MR) is 82.1 cm³/mol. The number of rotatable bonds is 5. The summed E-state index contributed by atoms with van der Waals surface area (Å²) in [6.07, 6.45) is -1.06. The molecule has 0 aliphatic heterocycles. The zero-order chi connectivity index (χ0) is 18.0. The highest BCUT2D eigenvalue weighted by atomic mass is 16.6. The number of ether oxygens (including phenoxy) is 2. The van der Waals surface area contributed by atoms with Crippen LogP contribution in [-0.4, -0.2) is 41.1 Å². The van der Waals surface area contributed by atoms with E-state index in [0.717, 1.165) is 0 Å². The highest BCUT2D eigenvalue weighted by molar-refractivity contribution is 6.04. The van der Waals surface area contributed by atoms with Gasteiger partial charge in [0.15, 0.2) is 6.10 Å². The lowest BCUT2D eigenvalue weighted by Crippen LogP contribution is -2.25. The summed E-state index contributed by atoms with van der Waals surface area (Å²) in [7, 11) is 1.26. The normalized spacial score (nSPS) is 11.9. The SMILES string of the molecule is COC(=O)c1c(C)[nH]c(C(=O)C(C)OC(=O)c2cc(C)no2)c1C. The molecule has 1 unspecified atom stereocenters. The molecule has 2 rings (SSSR count). The van der Waals surface area contributed by atoms with Gasteiger partial charge in [0.05, 0.1) is 24.1 Å². The Kier molecular flexibility index (Phi) is 4.87. The second kappa shape index (κ2) is 6.69. The number of aromatic nitrogens is 2. The molecule has 2 aromatic rings. The molecule has 0 aromatic carbocycles. The van der Waals surface area contributed by atoms with Crippen LogP contribution in [0.1, 0.15) is 55.3 Å². The summed E-state index contributed by atoms with van der Waals surface area (Å²) in [6.45, 7) is 6.38. The number of aryl methyl sites for hydroxylation is 2. The first-order valence-corrected chi connectivity index (χ1v) is 7.22. The molecule has 2 aromatic heterocycles. The Labute approximate surface area is 138 Å². The van der Waals surface area contributed by atoms with Crippen LogP contribution >= 0.6 is 0 Å². The second-order valence-electron chi connectivity index (χ2n) is 5.36. The zero-order valence-corrected chi connectivity index (χ0v) is 14.1.